The van der Waals surface area contributed by atoms with Crippen LogP contribution >= 0.6 is 0 Å². The Labute approximate surface area is 90.3 Å². The van der Waals surface area contributed by atoms with Crippen molar-refractivity contribution < 1.29 is 24.1 Å². The molecular weight excluding hydrogens is 200 g/mol. The highest BCUT2D eigenvalue weighted by Crippen LogP contribution is 2.20. The molecule has 0 rings (SSSR count). The average Bonchev–Trinajstić information content (AvgIpc) is 2.17. The summed E-state index contributed by atoms with van der Waals surface area (Å²) in [6, 6.07) is 0. The van der Waals surface area contributed by atoms with Crippen molar-refractivity contribution in [2.75, 3.05) is 19.8 Å². The van der Waals surface area contributed by atoms with Gasteiger partial charge in [0, 0.05) is 13.2 Å². The van der Waals surface area contributed by atoms with Crippen LogP contribution in [0.1, 0.15) is 27.7 Å². The number of rotatable bonds is 7. The molecule has 0 spiro atoms. The van der Waals surface area contributed by atoms with E-state index in [4.69, 9.17) is 14.2 Å². The number of ether oxygens (including phenoxy) is 3. The van der Waals surface area contributed by atoms with E-state index in [1.54, 1.807) is 20.8 Å². The van der Waals surface area contributed by atoms with Gasteiger partial charge in [0.05, 0.1) is 6.61 Å². The van der Waals surface area contributed by atoms with E-state index in [1.165, 1.54) is 6.92 Å². The summed E-state index contributed by atoms with van der Waals surface area (Å²) in [7, 11) is 0. The fourth-order valence-corrected chi connectivity index (χ4v) is 1.23. The normalized spacial score (nSPS) is 13.7. The number of carbonyl (C=O) groups is 1. The molecule has 0 aliphatic carbocycles. The molecule has 1 unspecified atom stereocenters. The van der Waals surface area contributed by atoms with Gasteiger partial charge >= 0.3 is 5.97 Å². The first-order valence-corrected chi connectivity index (χ1v) is 5.18. The Bertz CT molecular complexity index is 184. The molecule has 0 bridgehead atoms. The molecule has 0 saturated heterocycles. The van der Waals surface area contributed by atoms with Gasteiger partial charge in [-0.3, -0.25) is 0 Å². The minimum Gasteiger partial charge on any atom is -0.462 e. The van der Waals surface area contributed by atoms with Crippen LogP contribution in [-0.2, 0) is 19.0 Å². The lowest BCUT2D eigenvalue weighted by molar-refractivity contribution is -0.276. The summed E-state index contributed by atoms with van der Waals surface area (Å²) in [6.45, 7) is 7.27. The topological polar surface area (TPSA) is 65.0 Å². The van der Waals surface area contributed by atoms with Gasteiger partial charge in [-0.15, -0.1) is 0 Å². The van der Waals surface area contributed by atoms with Gasteiger partial charge in [-0.1, -0.05) is 0 Å². The minimum absolute atomic E-state index is 0.216. The highest BCUT2D eigenvalue weighted by molar-refractivity contribution is 5.78. The number of esters is 1. The van der Waals surface area contributed by atoms with Gasteiger partial charge in [0.25, 0.3) is 5.79 Å². The number of aliphatic hydroxyl groups excluding tert-OH is 1. The van der Waals surface area contributed by atoms with E-state index in [0.717, 1.165) is 0 Å². The molecule has 1 atom stereocenters. The molecular formula is C10H20O5. The van der Waals surface area contributed by atoms with Gasteiger partial charge in [0.1, 0.15) is 6.10 Å². The summed E-state index contributed by atoms with van der Waals surface area (Å²) < 4.78 is 15.2. The van der Waals surface area contributed by atoms with Crippen molar-refractivity contribution in [1.82, 2.24) is 0 Å². The van der Waals surface area contributed by atoms with Crippen LogP contribution in [0.5, 0.6) is 0 Å². The predicted octanol–water partition coefficient (Wildman–Crippen LogP) is 0.700. The summed E-state index contributed by atoms with van der Waals surface area (Å²) in [4.78, 5) is 11.7. The molecule has 0 heterocycles. The molecule has 1 N–H and O–H groups in total. The molecule has 0 aromatic carbocycles. The second-order valence-electron chi connectivity index (χ2n) is 2.93. The average molecular weight is 220 g/mol. The van der Waals surface area contributed by atoms with Crippen molar-refractivity contribution in [3.63, 3.8) is 0 Å². The Balaban J connectivity index is 4.83. The molecule has 0 aliphatic heterocycles. The number of aliphatic hydroxyl groups is 1. The molecule has 0 amide bonds. The molecule has 0 aliphatic rings. The van der Waals surface area contributed by atoms with E-state index >= 15 is 0 Å². The van der Waals surface area contributed by atoms with Crippen LogP contribution in [0.2, 0.25) is 0 Å². The number of carbonyl (C=O) groups excluding carboxylic acids is 1. The van der Waals surface area contributed by atoms with Gasteiger partial charge in [0.15, 0.2) is 0 Å². The molecule has 5 heteroatoms. The highest BCUT2D eigenvalue weighted by Gasteiger charge is 2.47. The standard InChI is InChI=1S/C10H20O5/c1-5-13-9(12)10(8(4)11,14-6-2)15-7-3/h8,11H,5-7H2,1-4H3. The third-order valence-electron chi connectivity index (χ3n) is 1.83. The predicted molar refractivity (Wildman–Crippen MR) is 54.3 cm³/mol. The van der Waals surface area contributed by atoms with Gasteiger partial charge in [-0.25, -0.2) is 4.79 Å². The van der Waals surface area contributed by atoms with Crippen LogP contribution < -0.4 is 0 Å². The molecule has 0 radical (unpaired) electrons. The Morgan fingerprint density at radius 2 is 1.67 bits per heavy atom. The molecule has 90 valence electrons. The van der Waals surface area contributed by atoms with Gasteiger partial charge in [0.2, 0.25) is 0 Å². The van der Waals surface area contributed by atoms with Crippen LogP contribution in [0, 0.1) is 0 Å². The SMILES string of the molecule is CCOC(=O)C(OCC)(OCC)C(C)O. The van der Waals surface area contributed by atoms with Crippen molar-refractivity contribution in [1.29, 1.82) is 0 Å². The molecule has 0 fully saturated rings. The third kappa shape index (κ3) is 3.44. The quantitative estimate of drug-likeness (QED) is 0.505. The summed E-state index contributed by atoms with van der Waals surface area (Å²) in [5.74, 6) is -2.39. The van der Waals surface area contributed by atoms with E-state index in [2.05, 4.69) is 0 Å². The summed E-state index contributed by atoms with van der Waals surface area (Å²) in [6.07, 6.45) is -1.09. The Morgan fingerprint density at radius 3 is 1.93 bits per heavy atom. The van der Waals surface area contributed by atoms with Crippen molar-refractivity contribution >= 4 is 5.97 Å². The molecule has 5 nitrogen and oxygen atoms in total. The van der Waals surface area contributed by atoms with E-state index in [0.29, 0.717) is 0 Å². The second kappa shape index (κ2) is 6.76. The molecule has 15 heavy (non-hydrogen) atoms. The lowest BCUT2D eigenvalue weighted by atomic mass is 10.1. The Kier molecular flexibility index (Phi) is 6.47. The summed E-state index contributed by atoms with van der Waals surface area (Å²) in [5, 5.41) is 9.57. The lowest BCUT2D eigenvalue weighted by Gasteiger charge is -2.32. The smallest absolute Gasteiger partial charge is 0.369 e. The maximum atomic E-state index is 11.7. The van der Waals surface area contributed by atoms with Crippen molar-refractivity contribution in [3.05, 3.63) is 0 Å². The Hall–Kier alpha value is -0.650. The van der Waals surface area contributed by atoms with Crippen LogP contribution in [0.15, 0.2) is 0 Å². The van der Waals surface area contributed by atoms with Gasteiger partial charge < -0.3 is 19.3 Å². The third-order valence-corrected chi connectivity index (χ3v) is 1.83. The summed E-state index contributed by atoms with van der Waals surface area (Å²) >= 11 is 0. The molecule has 0 saturated carbocycles. The Morgan fingerprint density at radius 1 is 1.20 bits per heavy atom. The maximum absolute atomic E-state index is 11.7. The van der Waals surface area contributed by atoms with Crippen LogP contribution in [0.25, 0.3) is 0 Å². The monoisotopic (exact) mass is 220 g/mol. The first-order chi connectivity index (χ1) is 7.05. The zero-order valence-electron chi connectivity index (χ0n) is 9.78. The molecule has 0 aromatic heterocycles. The van der Waals surface area contributed by atoms with E-state index in [9.17, 15) is 9.90 Å². The van der Waals surface area contributed by atoms with Crippen molar-refractivity contribution in [2.24, 2.45) is 0 Å². The van der Waals surface area contributed by atoms with Gasteiger partial charge in [-0.05, 0) is 27.7 Å². The highest BCUT2D eigenvalue weighted by atomic mass is 16.7. The fourth-order valence-electron chi connectivity index (χ4n) is 1.23. The maximum Gasteiger partial charge on any atom is 0.369 e. The van der Waals surface area contributed by atoms with Crippen LogP contribution in [-0.4, -0.2) is 42.8 Å². The first-order valence-electron chi connectivity index (χ1n) is 5.18. The van der Waals surface area contributed by atoms with E-state index in [-0.39, 0.29) is 19.8 Å². The van der Waals surface area contributed by atoms with E-state index < -0.39 is 17.9 Å². The second-order valence-corrected chi connectivity index (χ2v) is 2.93. The number of hydrogen-bond donors (Lipinski definition) is 1. The zero-order valence-corrected chi connectivity index (χ0v) is 9.78. The first kappa shape index (κ1) is 14.3. The summed E-state index contributed by atoms with van der Waals surface area (Å²) in [5.41, 5.74) is 0. The van der Waals surface area contributed by atoms with Gasteiger partial charge in [-0.2, -0.15) is 0 Å². The van der Waals surface area contributed by atoms with E-state index in [1.807, 2.05) is 0 Å². The van der Waals surface area contributed by atoms with Crippen LogP contribution in [0.4, 0.5) is 0 Å². The lowest BCUT2D eigenvalue weighted by Crippen LogP contribution is -2.54. The largest absolute Gasteiger partial charge is 0.462 e. The minimum atomic E-state index is -1.69. The van der Waals surface area contributed by atoms with Crippen molar-refractivity contribution in [2.45, 2.75) is 39.6 Å². The van der Waals surface area contributed by atoms with Crippen LogP contribution in [0.3, 0.4) is 0 Å². The number of hydrogen-bond acceptors (Lipinski definition) is 5. The molecule has 0 aromatic rings. The zero-order chi connectivity index (χ0) is 11.9. The van der Waals surface area contributed by atoms with Crippen molar-refractivity contribution in [3.8, 4) is 0 Å². The fraction of sp³-hybridized carbons (Fsp3) is 0.900.